The van der Waals surface area contributed by atoms with Crippen LogP contribution in [0.4, 0.5) is 0 Å². The van der Waals surface area contributed by atoms with Crippen LogP contribution < -0.4 is 5.32 Å². The highest BCUT2D eigenvalue weighted by atomic mass is 32.2. The van der Waals surface area contributed by atoms with E-state index in [1.807, 2.05) is 0 Å². The minimum Gasteiger partial charge on any atom is -0.364 e. The van der Waals surface area contributed by atoms with Crippen molar-refractivity contribution in [2.24, 2.45) is 4.99 Å². The smallest absolute Gasteiger partial charge is 0.220 e. The predicted molar refractivity (Wildman–Crippen MR) is 113 cm³/mol. The summed E-state index contributed by atoms with van der Waals surface area (Å²) in [6, 6.07) is 2.29. The Morgan fingerprint density at radius 1 is 1.28 bits per heavy atom. The van der Waals surface area contributed by atoms with Crippen molar-refractivity contribution in [3.8, 4) is 0 Å². The van der Waals surface area contributed by atoms with Gasteiger partial charge in [0.05, 0.1) is 5.69 Å². The maximum absolute atomic E-state index is 12.6. The van der Waals surface area contributed by atoms with E-state index in [2.05, 4.69) is 32.3 Å². The summed E-state index contributed by atoms with van der Waals surface area (Å²) < 4.78 is 31.4. The lowest BCUT2D eigenvalue weighted by molar-refractivity contribution is 0.193. The number of hydrogen-bond acceptors (Lipinski definition) is 6. The molecule has 1 saturated carbocycles. The number of nitrogens with one attached hydrogen (secondary N) is 1. The highest BCUT2D eigenvalue weighted by molar-refractivity contribution is 7.88. The number of rotatable bonds is 7. The van der Waals surface area contributed by atoms with Gasteiger partial charge in [-0.1, -0.05) is 24.4 Å². The van der Waals surface area contributed by atoms with Crippen molar-refractivity contribution in [3.63, 3.8) is 0 Å². The van der Waals surface area contributed by atoms with Crippen LogP contribution in [-0.2, 0) is 15.8 Å². The second-order valence-electron chi connectivity index (χ2n) is 7.88. The molecule has 1 aromatic heterocycles. The van der Waals surface area contributed by atoms with E-state index in [-0.39, 0.29) is 5.75 Å². The third kappa shape index (κ3) is 6.16. The SMILES string of the molecule is CN=C(NCCN(C)C1CCCCC1)N1CCN(S(=O)(=O)Cc2ccon2)CC1. The highest BCUT2D eigenvalue weighted by Crippen LogP contribution is 2.21. The van der Waals surface area contributed by atoms with Gasteiger partial charge in [0.1, 0.15) is 12.0 Å². The summed E-state index contributed by atoms with van der Waals surface area (Å²) in [4.78, 5) is 8.97. The number of hydrogen-bond donors (Lipinski definition) is 1. The number of aromatic nitrogens is 1. The summed E-state index contributed by atoms with van der Waals surface area (Å²) in [6.07, 6.45) is 8.05. The lowest BCUT2D eigenvalue weighted by Crippen LogP contribution is -2.54. The Morgan fingerprint density at radius 2 is 2.00 bits per heavy atom. The Bertz CT molecular complexity index is 738. The largest absolute Gasteiger partial charge is 0.364 e. The first-order valence-electron chi connectivity index (χ1n) is 10.5. The van der Waals surface area contributed by atoms with Gasteiger partial charge < -0.3 is 19.6 Å². The lowest BCUT2D eigenvalue weighted by atomic mass is 9.94. The van der Waals surface area contributed by atoms with Crippen molar-refractivity contribution in [2.45, 2.75) is 43.9 Å². The average molecular weight is 427 g/mol. The molecule has 2 fully saturated rings. The molecule has 1 saturated heterocycles. The summed E-state index contributed by atoms with van der Waals surface area (Å²) >= 11 is 0. The monoisotopic (exact) mass is 426 g/mol. The van der Waals surface area contributed by atoms with Gasteiger partial charge in [-0.3, -0.25) is 4.99 Å². The van der Waals surface area contributed by atoms with E-state index in [0.29, 0.717) is 37.9 Å². The molecule has 0 bridgehead atoms. The summed E-state index contributed by atoms with van der Waals surface area (Å²) in [6.45, 7) is 3.96. The Kier molecular flexibility index (Phi) is 7.91. The molecule has 1 aliphatic carbocycles. The second-order valence-corrected chi connectivity index (χ2v) is 9.85. The van der Waals surface area contributed by atoms with Crippen LogP contribution in [0, 0.1) is 0 Å². The van der Waals surface area contributed by atoms with E-state index < -0.39 is 10.0 Å². The number of aliphatic imine (C=N–C) groups is 1. The molecule has 29 heavy (non-hydrogen) atoms. The van der Waals surface area contributed by atoms with E-state index in [9.17, 15) is 8.42 Å². The predicted octanol–water partition coefficient (Wildman–Crippen LogP) is 0.962. The first-order chi connectivity index (χ1) is 14.0. The number of sulfonamides is 1. The van der Waals surface area contributed by atoms with Gasteiger partial charge in [0.25, 0.3) is 0 Å². The molecule has 0 atom stereocenters. The Morgan fingerprint density at radius 3 is 2.62 bits per heavy atom. The molecule has 0 spiro atoms. The van der Waals surface area contributed by atoms with Crippen LogP contribution in [-0.4, -0.2) is 93.0 Å². The number of nitrogens with zero attached hydrogens (tertiary/aromatic N) is 5. The molecular formula is C19H34N6O3S. The minimum absolute atomic E-state index is 0.121. The maximum Gasteiger partial charge on any atom is 0.220 e. The van der Waals surface area contributed by atoms with Crippen LogP contribution in [0.25, 0.3) is 0 Å². The lowest BCUT2D eigenvalue weighted by Gasteiger charge is -2.36. The van der Waals surface area contributed by atoms with Crippen molar-refractivity contribution < 1.29 is 12.9 Å². The van der Waals surface area contributed by atoms with E-state index in [1.165, 1.54) is 42.7 Å². The molecule has 164 valence electrons. The topological polar surface area (TPSA) is 94.3 Å². The molecule has 0 radical (unpaired) electrons. The quantitative estimate of drug-likeness (QED) is 0.513. The molecule has 2 aliphatic rings. The summed E-state index contributed by atoms with van der Waals surface area (Å²) in [5.41, 5.74) is 0.437. The standard InChI is InChI=1S/C19H34N6O3S/c1-20-19(21-9-10-23(2)18-6-4-3-5-7-18)24-11-13-25(14-12-24)29(26,27)16-17-8-15-28-22-17/h8,15,18H,3-7,9-14,16H2,1-2H3,(H,20,21). The van der Waals surface area contributed by atoms with Gasteiger partial charge in [-0.25, -0.2) is 8.42 Å². The second kappa shape index (κ2) is 10.4. The van der Waals surface area contributed by atoms with Gasteiger partial charge in [-0.15, -0.1) is 0 Å². The van der Waals surface area contributed by atoms with Gasteiger partial charge in [-0.05, 0) is 19.9 Å². The van der Waals surface area contributed by atoms with Gasteiger partial charge in [-0.2, -0.15) is 4.31 Å². The van der Waals surface area contributed by atoms with Crippen molar-refractivity contribution in [1.82, 2.24) is 24.6 Å². The zero-order valence-corrected chi connectivity index (χ0v) is 18.4. The Hall–Kier alpha value is -1.65. The van der Waals surface area contributed by atoms with Crippen LogP contribution in [0.2, 0.25) is 0 Å². The molecular weight excluding hydrogens is 392 g/mol. The fraction of sp³-hybridized carbons (Fsp3) is 0.789. The van der Waals surface area contributed by atoms with E-state index in [4.69, 9.17) is 4.52 Å². The summed E-state index contributed by atoms with van der Waals surface area (Å²) in [7, 11) is 0.600. The molecule has 0 unspecified atom stereocenters. The first kappa shape index (κ1) is 22.0. The van der Waals surface area contributed by atoms with Crippen LogP contribution in [0.15, 0.2) is 21.8 Å². The van der Waals surface area contributed by atoms with Crippen LogP contribution in [0.3, 0.4) is 0 Å². The van der Waals surface area contributed by atoms with Gasteiger partial charge in [0.2, 0.25) is 10.0 Å². The molecule has 9 nitrogen and oxygen atoms in total. The van der Waals surface area contributed by atoms with Gasteiger partial charge in [0, 0.05) is 58.4 Å². The normalized spacial score (nSPS) is 20.4. The molecule has 1 N–H and O–H groups in total. The van der Waals surface area contributed by atoms with E-state index in [1.54, 1.807) is 13.1 Å². The van der Waals surface area contributed by atoms with E-state index >= 15 is 0 Å². The zero-order valence-electron chi connectivity index (χ0n) is 17.6. The molecule has 1 aliphatic heterocycles. The van der Waals surface area contributed by atoms with E-state index in [0.717, 1.165) is 19.0 Å². The van der Waals surface area contributed by atoms with Crippen molar-refractivity contribution in [3.05, 3.63) is 18.0 Å². The van der Waals surface area contributed by atoms with Crippen molar-refractivity contribution in [2.75, 3.05) is 53.4 Å². The van der Waals surface area contributed by atoms with Crippen LogP contribution >= 0.6 is 0 Å². The van der Waals surface area contributed by atoms with Crippen LogP contribution in [0.5, 0.6) is 0 Å². The van der Waals surface area contributed by atoms with Crippen molar-refractivity contribution in [1.29, 1.82) is 0 Å². The average Bonchev–Trinajstić information content (AvgIpc) is 3.24. The minimum atomic E-state index is -3.39. The third-order valence-electron chi connectivity index (χ3n) is 5.91. The highest BCUT2D eigenvalue weighted by Gasteiger charge is 2.29. The molecule has 10 heteroatoms. The molecule has 0 amide bonds. The van der Waals surface area contributed by atoms with Gasteiger partial charge >= 0.3 is 0 Å². The molecule has 0 aromatic carbocycles. The number of likely N-dealkylation sites (N-methyl/N-ethyl adjacent to an activating group) is 1. The molecule has 3 rings (SSSR count). The Labute approximate surface area is 174 Å². The number of piperazine rings is 1. The molecule has 2 heterocycles. The summed E-state index contributed by atoms with van der Waals surface area (Å²) in [5.74, 6) is 0.722. The zero-order chi connectivity index (χ0) is 20.7. The van der Waals surface area contributed by atoms with Gasteiger partial charge in [0.15, 0.2) is 5.96 Å². The fourth-order valence-corrected chi connectivity index (χ4v) is 5.57. The van der Waals surface area contributed by atoms with Crippen molar-refractivity contribution >= 4 is 16.0 Å². The summed E-state index contributed by atoms with van der Waals surface area (Å²) in [5, 5.41) is 7.15. The van der Waals surface area contributed by atoms with Crippen LogP contribution in [0.1, 0.15) is 37.8 Å². The Balaban J connectivity index is 1.42. The third-order valence-corrected chi connectivity index (χ3v) is 7.72. The maximum atomic E-state index is 12.6. The number of guanidine groups is 1. The first-order valence-corrected chi connectivity index (χ1v) is 12.1. The molecule has 1 aromatic rings. The fourth-order valence-electron chi connectivity index (χ4n) is 4.15.